The zero-order valence-electron chi connectivity index (χ0n) is 12.9. The molecular weight excluding hydrogens is 310 g/mol. The second kappa shape index (κ2) is 7.11. The van der Waals surface area contributed by atoms with Crippen LogP contribution < -0.4 is 5.32 Å². The fraction of sp³-hybridized carbons (Fsp3) is 0.111. The lowest BCUT2D eigenvalue weighted by Gasteiger charge is -2.09. The summed E-state index contributed by atoms with van der Waals surface area (Å²) in [6.45, 7) is 3.93. The highest BCUT2D eigenvalue weighted by molar-refractivity contribution is 5.85. The fourth-order valence-corrected chi connectivity index (χ4v) is 2.24. The summed E-state index contributed by atoms with van der Waals surface area (Å²) in [5.74, 6) is 1.61. The molecule has 0 bridgehead atoms. The average molecular weight is 328 g/mol. The Labute approximate surface area is 141 Å². The Morgan fingerprint density at radius 3 is 2.35 bits per heavy atom. The van der Waals surface area contributed by atoms with Gasteiger partial charge in [-0.15, -0.1) is 12.4 Å². The lowest BCUT2D eigenvalue weighted by molar-refractivity contribution is 0.475. The molecule has 0 aliphatic heterocycles. The lowest BCUT2D eigenvalue weighted by atomic mass is 10.1. The van der Waals surface area contributed by atoms with Crippen LogP contribution in [0.5, 0.6) is 5.75 Å². The van der Waals surface area contributed by atoms with Gasteiger partial charge < -0.3 is 10.4 Å². The summed E-state index contributed by atoms with van der Waals surface area (Å²) < 4.78 is 0. The molecular formula is C18H18ClN3O. The van der Waals surface area contributed by atoms with Crippen LogP contribution in [0.15, 0.2) is 54.6 Å². The molecule has 0 saturated heterocycles. The number of anilines is 2. The number of halogens is 1. The Morgan fingerprint density at radius 1 is 0.913 bits per heavy atom. The number of aromatic nitrogens is 2. The predicted octanol–water partition coefficient (Wildman–Crippen LogP) is 4.63. The molecule has 1 heterocycles. The first-order valence-corrected chi connectivity index (χ1v) is 7.09. The van der Waals surface area contributed by atoms with E-state index in [0.29, 0.717) is 11.6 Å². The van der Waals surface area contributed by atoms with Crippen molar-refractivity contribution in [1.29, 1.82) is 0 Å². The number of phenolic OH excluding ortho intramolecular Hbond substituents is 1. The highest BCUT2D eigenvalue weighted by atomic mass is 35.5. The van der Waals surface area contributed by atoms with E-state index >= 15 is 0 Å². The normalized spacial score (nSPS) is 10.0. The number of rotatable bonds is 3. The van der Waals surface area contributed by atoms with Gasteiger partial charge in [0.25, 0.3) is 0 Å². The maximum atomic E-state index is 9.53. The molecule has 3 rings (SSSR count). The Bertz CT molecular complexity index is 804. The van der Waals surface area contributed by atoms with E-state index < -0.39 is 0 Å². The van der Waals surface area contributed by atoms with Gasteiger partial charge >= 0.3 is 0 Å². The lowest BCUT2D eigenvalue weighted by Crippen LogP contribution is -1.98. The van der Waals surface area contributed by atoms with E-state index in [1.807, 2.05) is 19.1 Å². The van der Waals surface area contributed by atoms with Gasteiger partial charge in [0.15, 0.2) is 0 Å². The Morgan fingerprint density at radius 2 is 1.65 bits per heavy atom. The van der Waals surface area contributed by atoms with Gasteiger partial charge in [0.1, 0.15) is 17.4 Å². The largest absolute Gasteiger partial charge is 0.508 e. The van der Waals surface area contributed by atoms with Crippen molar-refractivity contribution in [2.75, 3.05) is 5.32 Å². The van der Waals surface area contributed by atoms with Gasteiger partial charge in [-0.1, -0.05) is 35.9 Å². The highest BCUT2D eigenvalue weighted by Gasteiger charge is 2.05. The van der Waals surface area contributed by atoms with Gasteiger partial charge in [-0.2, -0.15) is 0 Å². The Hall–Kier alpha value is -2.59. The van der Waals surface area contributed by atoms with Crippen molar-refractivity contribution in [2.45, 2.75) is 13.8 Å². The standard InChI is InChI=1S/C18H17N3O.ClH/c1-12-6-8-14(9-7-12)17-11-18(20-13(2)19-17)21-15-4-3-5-16(22)10-15;/h3-11,22H,1-2H3,(H,19,20,21);1H. The highest BCUT2D eigenvalue weighted by Crippen LogP contribution is 2.24. The minimum Gasteiger partial charge on any atom is -0.508 e. The fourth-order valence-electron chi connectivity index (χ4n) is 2.24. The summed E-state index contributed by atoms with van der Waals surface area (Å²) in [6, 6.07) is 17.1. The molecule has 0 fully saturated rings. The quantitative estimate of drug-likeness (QED) is 0.736. The zero-order valence-corrected chi connectivity index (χ0v) is 13.8. The molecule has 0 aliphatic rings. The third-order valence-corrected chi connectivity index (χ3v) is 3.30. The predicted molar refractivity (Wildman–Crippen MR) is 95.6 cm³/mol. The molecule has 0 atom stereocenters. The molecule has 118 valence electrons. The van der Waals surface area contributed by atoms with Crippen LogP contribution >= 0.6 is 12.4 Å². The van der Waals surface area contributed by atoms with E-state index in [1.165, 1.54) is 5.56 Å². The van der Waals surface area contributed by atoms with Crippen molar-refractivity contribution in [2.24, 2.45) is 0 Å². The van der Waals surface area contributed by atoms with Gasteiger partial charge in [-0.25, -0.2) is 9.97 Å². The minimum absolute atomic E-state index is 0. The summed E-state index contributed by atoms with van der Waals surface area (Å²) in [7, 11) is 0. The van der Waals surface area contributed by atoms with Crippen LogP contribution in [0, 0.1) is 13.8 Å². The number of aryl methyl sites for hydroxylation is 2. The molecule has 2 N–H and O–H groups in total. The molecule has 23 heavy (non-hydrogen) atoms. The smallest absolute Gasteiger partial charge is 0.134 e. The maximum Gasteiger partial charge on any atom is 0.134 e. The summed E-state index contributed by atoms with van der Waals surface area (Å²) in [4.78, 5) is 8.89. The van der Waals surface area contributed by atoms with Crippen LogP contribution in [0.1, 0.15) is 11.4 Å². The second-order valence-corrected chi connectivity index (χ2v) is 5.23. The molecule has 3 aromatic rings. The maximum absolute atomic E-state index is 9.53. The van der Waals surface area contributed by atoms with Crippen LogP contribution in [0.2, 0.25) is 0 Å². The van der Waals surface area contributed by atoms with E-state index in [1.54, 1.807) is 18.2 Å². The van der Waals surface area contributed by atoms with Gasteiger partial charge in [0.05, 0.1) is 5.69 Å². The molecule has 0 saturated carbocycles. The first-order valence-electron chi connectivity index (χ1n) is 7.09. The second-order valence-electron chi connectivity index (χ2n) is 5.23. The molecule has 0 spiro atoms. The van der Waals surface area contributed by atoms with Gasteiger partial charge in [-0.3, -0.25) is 0 Å². The van der Waals surface area contributed by atoms with Gasteiger partial charge in [0, 0.05) is 23.4 Å². The van der Waals surface area contributed by atoms with E-state index in [-0.39, 0.29) is 18.2 Å². The molecule has 1 aromatic heterocycles. The number of nitrogens with zero attached hydrogens (tertiary/aromatic N) is 2. The van der Waals surface area contributed by atoms with Crippen molar-refractivity contribution in [3.8, 4) is 17.0 Å². The molecule has 4 nitrogen and oxygen atoms in total. The van der Waals surface area contributed by atoms with Crippen molar-refractivity contribution >= 4 is 23.9 Å². The third-order valence-electron chi connectivity index (χ3n) is 3.30. The van der Waals surface area contributed by atoms with Crippen LogP contribution in [-0.2, 0) is 0 Å². The number of hydrogen-bond acceptors (Lipinski definition) is 4. The molecule has 0 unspecified atom stereocenters. The number of aromatic hydroxyl groups is 1. The Kier molecular flexibility index (Phi) is 5.19. The monoisotopic (exact) mass is 327 g/mol. The van der Waals surface area contributed by atoms with E-state index in [0.717, 1.165) is 16.9 Å². The summed E-state index contributed by atoms with van der Waals surface area (Å²) in [6.07, 6.45) is 0. The van der Waals surface area contributed by atoms with Crippen LogP contribution in [0.3, 0.4) is 0 Å². The third kappa shape index (κ3) is 4.20. The van der Waals surface area contributed by atoms with E-state index in [9.17, 15) is 5.11 Å². The summed E-state index contributed by atoms with van der Waals surface area (Å²) >= 11 is 0. The number of hydrogen-bond donors (Lipinski definition) is 2. The number of benzene rings is 2. The topological polar surface area (TPSA) is 58.0 Å². The van der Waals surface area contributed by atoms with Crippen molar-refractivity contribution in [1.82, 2.24) is 9.97 Å². The first-order chi connectivity index (χ1) is 10.6. The number of nitrogens with one attached hydrogen (secondary N) is 1. The first kappa shape index (κ1) is 16.8. The zero-order chi connectivity index (χ0) is 15.5. The van der Waals surface area contributed by atoms with Crippen LogP contribution in [0.25, 0.3) is 11.3 Å². The molecule has 2 aromatic carbocycles. The van der Waals surface area contributed by atoms with Crippen LogP contribution in [0.4, 0.5) is 11.5 Å². The SMILES string of the molecule is Cc1ccc(-c2cc(Nc3cccc(O)c3)nc(C)n2)cc1.Cl. The summed E-state index contributed by atoms with van der Waals surface area (Å²) in [5, 5.41) is 12.7. The van der Waals surface area contributed by atoms with E-state index in [2.05, 4.69) is 46.5 Å². The molecule has 0 amide bonds. The molecule has 5 heteroatoms. The van der Waals surface area contributed by atoms with Crippen molar-refractivity contribution in [3.05, 3.63) is 66.0 Å². The van der Waals surface area contributed by atoms with Gasteiger partial charge in [0.2, 0.25) is 0 Å². The number of phenols is 1. The van der Waals surface area contributed by atoms with Crippen molar-refractivity contribution < 1.29 is 5.11 Å². The van der Waals surface area contributed by atoms with E-state index in [4.69, 9.17) is 0 Å². The average Bonchev–Trinajstić information content (AvgIpc) is 2.47. The van der Waals surface area contributed by atoms with Gasteiger partial charge in [-0.05, 0) is 26.0 Å². The minimum atomic E-state index is 0. The summed E-state index contributed by atoms with van der Waals surface area (Å²) in [5.41, 5.74) is 3.92. The van der Waals surface area contributed by atoms with Crippen LogP contribution in [-0.4, -0.2) is 15.1 Å². The molecule has 0 aliphatic carbocycles. The van der Waals surface area contributed by atoms with Crippen molar-refractivity contribution in [3.63, 3.8) is 0 Å². The molecule has 0 radical (unpaired) electrons. The Balaban J connectivity index is 0.00000192.